The van der Waals surface area contributed by atoms with Crippen LogP contribution in [0.4, 0.5) is 5.69 Å². The number of benzene rings is 2. The molecular formula is C26H30N2O3. The number of hydrogen-bond donors (Lipinski definition) is 0. The van der Waals surface area contributed by atoms with E-state index in [4.69, 9.17) is 4.74 Å². The highest BCUT2D eigenvalue weighted by atomic mass is 16.5. The van der Waals surface area contributed by atoms with Crippen LogP contribution in [-0.4, -0.2) is 36.4 Å². The Kier molecular flexibility index (Phi) is 6.12. The SMILES string of the molecule is Cc1ccccc1N1C(=O)C(c2ccc(OCC(C)C)cc2)=C(N2CCCCC2)C1=O. The summed E-state index contributed by atoms with van der Waals surface area (Å²) in [5.74, 6) is 0.724. The highest BCUT2D eigenvalue weighted by Crippen LogP contribution is 2.37. The minimum Gasteiger partial charge on any atom is -0.493 e. The number of ether oxygens (including phenoxy) is 1. The molecule has 0 saturated carbocycles. The second-order valence-corrected chi connectivity index (χ2v) is 8.73. The second kappa shape index (κ2) is 8.96. The third-order valence-electron chi connectivity index (χ3n) is 5.81. The van der Waals surface area contributed by atoms with Crippen LogP contribution in [0.15, 0.2) is 54.2 Å². The van der Waals surface area contributed by atoms with Gasteiger partial charge in [0.25, 0.3) is 11.8 Å². The molecule has 2 aromatic carbocycles. The first-order chi connectivity index (χ1) is 15.0. The number of piperidine rings is 1. The van der Waals surface area contributed by atoms with Gasteiger partial charge in [0, 0.05) is 13.1 Å². The number of imide groups is 1. The average molecular weight is 419 g/mol. The summed E-state index contributed by atoms with van der Waals surface area (Å²) in [5.41, 5.74) is 3.33. The van der Waals surface area contributed by atoms with Gasteiger partial charge >= 0.3 is 0 Å². The van der Waals surface area contributed by atoms with Gasteiger partial charge in [0.15, 0.2) is 0 Å². The van der Waals surface area contributed by atoms with E-state index in [0.717, 1.165) is 49.2 Å². The van der Waals surface area contributed by atoms with Gasteiger partial charge in [-0.25, -0.2) is 4.90 Å². The molecule has 2 aliphatic rings. The molecule has 162 valence electrons. The van der Waals surface area contributed by atoms with Gasteiger partial charge in [-0.05, 0) is 61.4 Å². The standard InChI is InChI=1S/C26H30N2O3/c1-18(2)17-31-21-13-11-20(12-14-21)23-24(27-15-7-4-8-16-27)26(30)28(25(23)29)22-10-6-5-9-19(22)3/h5-6,9-14,18H,4,7-8,15-17H2,1-3H3. The van der Waals surface area contributed by atoms with Crippen LogP contribution in [0.5, 0.6) is 5.75 Å². The highest BCUT2D eigenvalue weighted by molar-refractivity contribution is 6.45. The predicted molar refractivity (Wildman–Crippen MR) is 123 cm³/mol. The van der Waals surface area contributed by atoms with Crippen LogP contribution >= 0.6 is 0 Å². The van der Waals surface area contributed by atoms with Gasteiger partial charge in [0.2, 0.25) is 0 Å². The summed E-state index contributed by atoms with van der Waals surface area (Å²) in [6.07, 6.45) is 3.22. The molecule has 1 saturated heterocycles. The van der Waals surface area contributed by atoms with Gasteiger partial charge in [-0.1, -0.05) is 44.2 Å². The number of aryl methyl sites for hydroxylation is 1. The molecule has 0 aromatic heterocycles. The van der Waals surface area contributed by atoms with Crippen LogP contribution in [0.2, 0.25) is 0 Å². The average Bonchev–Trinajstić information content (AvgIpc) is 3.03. The molecule has 31 heavy (non-hydrogen) atoms. The summed E-state index contributed by atoms with van der Waals surface area (Å²) < 4.78 is 5.79. The van der Waals surface area contributed by atoms with E-state index in [-0.39, 0.29) is 11.8 Å². The van der Waals surface area contributed by atoms with Crippen molar-refractivity contribution in [2.24, 2.45) is 5.92 Å². The molecule has 4 rings (SSSR count). The predicted octanol–water partition coefficient (Wildman–Crippen LogP) is 4.80. The number of hydrogen-bond acceptors (Lipinski definition) is 4. The van der Waals surface area contributed by atoms with E-state index >= 15 is 0 Å². The molecule has 2 aromatic rings. The summed E-state index contributed by atoms with van der Waals surface area (Å²) in [6, 6.07) is 15.1. The fourth-order valence-electron chi connectivity index (χ4n) is 4.20. The van der Waals surface area contributed by atoms with Crippen LogP contribution in [-0.2, 0) is 9.59 Å². The Labute approximate surface area is 184 Å². The summed E-state index contributed by atoms with van der Waals surface area (Å²) in [4.78, 5) is 30.6. The van der Waals surface area contributed by atoms with Crippen molar-refractivity contribution in [2.75, 3.05) is 24.6 Å². The van der Waals surface area contributed by atoms with Crippen molar-refractivity contribution in [1.82, 2.24) is 4.90 Å². The maximum absolute atomic E-state index is 13.6. The van der Waals surface area contributed by atoms with E-state index in [0.29, 0.717) is 29.5 Å². The van der Waals surface area contributed by atoms with Crippen molar-refractivity contribution in [1.29, 1.82) is 0 Å². The molecule has 2 heterocycles. The number of likely N-dealkylation sites (tertiary alicyclic amines) is 1. The fourth-order valence-corrected chi connectivity index (χ4v) is 4.20. The maximum atomic E-state index is 13.6. The first-order valence-electron chi connectivity index (χ1n) is 11.1. The van der Waals surface area contributed by atoms with Crippen molar-refractivity contribution in [3.05, 3.63) is 65.4 Å². The Morgan fingerprint density at radius 1 is 0.903 bits per heavy atom. The quantitative estimate of drug-likeness (QED) is 0.633. The zero-order valence-electron chi connectivity index (χ0n) is 18.6. The lowest BCUT2D eigenvalue weighted by atomic mass is 10.0. The highest BCUT2D eigenvalue weighted by Gasteiger charge is 2.43. The fraction of sp³-hybridized carbons (Fsp3) is 0.385. The van der Waals surface area contributed by atoms with E-state index < -0.39 is 0 Å². The van der Waals surface area contributed by atoms with Gasteiger partial charge in [0.05, 0.1) is 17.9 Å². The minimum absolute atomic E-state index is 0.226. The molecule has 0 spiro atoms. The second-order valence-electron chi connectivity index (χ2n) is 8.73. The number of amides is 2. The maximum Gasteiger partial charge on any atom is 0.282 e. The van der Waals surface area contributed by atoms with Crippen LogP contribution in [0.25, 0.3) is 5.57 Å². The largest absolute Gasteiger partial charge is 0.493 e. The molecule has 0 atom stereocenters. The summed E-state index contributed by atoms with van der Waals surface area (Å²) in [7, 11) is 0. The first-order valence-corrected chi connectivity index (χ1v) is 11.1. The van der Waals surface area contributed by atoms with Gasteiger partial charge in [-0.3, -0.25) is 9.59 Å². The number of carbonyl (C=O) groups is 2. The first kappa shape index (κ1) is 21.2. The summed E-state index contributed by atoms with van der Waals surface area (Å²) >= 11 is 0. The number of para-hydroxylation sites is 1. The normalized spacial score (nSPS) is 17.2. The zero-order chi connectivity index (χ0) is 22.0. The molecule has 1 fully saturated rings. The monoisotopic (exact) mass is 418 g/mol. The Morgan fingerprint density at radius 3 is 2.23 bits per heavy atom. The Bertz CT molecular complexity index is 1000. The molecule has 2 aliphatic heterocycles. The van der Waals surface area contributed by atoms with Gasteiger partial charge in [-0.15, -0.1) is 0 Å². The third-order valence-corrected chi connectivity index (χ3v) is 5.81. The Morgan fingerprint density at radius 2 is 1.58 bits per heavy atom. The van der Waals surface area contributed by atoms with E-state index in [2.05, 4.69) is 18.7 Å². The topological polar surface area (TPSA) is 49.9 Å². The van der Waals surface area contributed by atoms with E-state index in [1.54, 1.807) is 0 Å². The van der Waals surface area contributed by atoms with Crippen LogP contribution in [0, 0.1) is 12.8 Å². The summed E-state index contributed by atoms with van der Waals surface area (Å²) in [6.45, 7) is 8.37. The molecule has 0 N–H and O–H groups in total. The number of carbonyl (C=O) groups excluding carboxylic acids is 2. The molecule has 0 radical (unpaired) electrons. The lowest BCUT2D eigenvalue weighted by Crippen LogP contribution is -2.37. The molecule has 2 amide bonds. The van der Waals surface area contributed by atoms with Crippen LogP contribution < -0.4 is 9.64 Å². The molecule has 0 aliphatic carbocycles. The molecule has 0 bridgehead atoms. The Balaban J connectivity index is 1.73. The minimum atomic E-state index is -0.254. The van der Waals surface area contributed by atoms with E-state index in [1.165, 1.54) is 4.90 Å². The van der Waals surface area contributed by atoms with Crippen molar-refractivity contribution in [2.45, 2.75) is 40.0 Å². The lowest BCUT2D eigenvalue weighted by Gasteiger charge is -2.29. The molecule has 0 unspecified atom stereocenters. The molecule has 5 nitrogen and oxygen atoms in total. The van der Waals surface area contributed by atoms with Gasteiger partial charge < -0.3 is 9.64 Å². The van der Waals surface area contributed by atoms with Gasteiger partial charge in [-0.2, -0.15) is 0 Å². The number of anilines is 1. The van der Waals surface area contributed by atoms with Crippen LogP contribution in [0.1, 0.15) is 44.2 Å². The van der Waals surface area contributed by atoms with Crippen LogP contribution in [0.3, 0.4) is 0 Å². The number of rotatable bonds is 6. The summed E-state index contributed by atoms with van der Waals surface area (Å²) in [5, 5.41) is 0. The van der Waals surface area contributed by atoms with Crippen molar-refractivity contribution < 1.29 is 14.3 Å². The lowest BCUT2D eigenvalue weighted by molar-refractivity contribution is -0.120. The van der Waals surface area contributed by atoms with Gasteiger partial charge in [0.1, 0.15) is 11.4 Å². The van der Waals surface area contributed by atoms with E-state index in [1.807, 2.05) is 55.5 Å². The van der Waals surface area contributed by atoms with E-state index in [9.17, 15) is 9.59 Å². The third kappa shape index (κ3) is 4.22. The van der Waals surface area contributed by atoms with Crippen molar-refractivity contribution in [3.8, 4) is 5.75 Å². The molecular weight excluding hydrogens is 388 g/mol. The van der Waals surface area contributed by atoms with Crippen molar-refractivity contribution in [3.63, 3.8) is 0 Å². The van der Waals surface area contributed by atoms with Crippen molar-refractivity contribution >= 4 is 23.1 Å². The number of nitrogens with zero attached hydrogens (tertiary/aromatic N) is 2. The zero-order valence-corrected chi connectivity index (χ0v) is 18.6. The Hall–Kier alpha value is -3.08. The smallest absolute Gasteiger partial charge is 0.282 e. The molecule has 5 heteroatoms.